The molecule has 3 aromatic rings. The first-order valence-corrected chi connectivity index (χ1v) is 12.3. The van der Waals surface area contributed by atoms with Gasteiger partial charge in [-0.05, 0) is 48.5 Å². The van der Waals surface area contributed by atoms with Gasteiger partial charge in [0.15, 0.2) is 12.5 Å². The second-order valence-electron chi connectivity index (χ2n) is 9.29. The van der Waals surface area contributed by atoms with Gasteiger partial charge in [-0.1, -0.05) is 5.16 Å². The molecule has 2 fully saturated rings. The lowest BCUT2D eigenvalue weighted by Crippen LogP contribution is -2.50. The van der Waals surface area contributed by atoms with Crippen molar-refractivity contribution in [2.75, 3.05) is 44.2 Å². The fourth-order valence-corrected chi connectivity index (χ4v) is 4.72. The molecular weight excluding hydrogens is 519 g/mol. The summed E-state index contributed by atoms with van der Waals surface area (Å²) < 4.78 is 52.0. The van der Waals surface area contributed by atoms with Gasteiger partial charge in [-0.2, -0.15) is 4.98 Å². The van der Waals surface area contributed by atoms with Crippen LogP contribution in [0.25, 0.3) is 11.4 Å². The van der Waals surface area contributed by atoms with E-state index in [0.29, 0.717) is 56.5 Å². The number of piperazine rings is 1. The second kappa shape index (κ2) is 11.0. The van der Waals surface area contributed by atoms with Crippen LogP contribution < -0.4 is 9.64 Å². The quantitative estimate of drug-likeness (QED) is 0.415. The summed E-state index contributed by atoms with van der Waals surface area (Å²) in [6.45, 7) is 4.96. The molecule has 2 aliphatic heterocycles. The Labute approximate surface area is 221 Å². The lowest BCUT2D eigenvalue weighted by molar-refractivity contribution is -0.274. The van der Waals surface area contributed by atoms with Crippen molar-refractivity contribution in [3.8, 4) is 17.1 Å². The molecule has 0 bridgehead atoms. The molecule has 0 saturated carbocycles. The molecule has 39 heavy (non-hydrogen) atoms. The topological polar surface area (TPSA) is 101 Å². The first-order chi connectivity index (χ1) is 18.7. The van der Waals surface area contributed by atoms with Gasteiger partial charge in [-0.25, -0.2) is 0 Å². The summed E-state index contributed by atoms with van der Waals surface area (Å²) >= 11 is 0. The van der Waals surface area contributed by atoms with E-state index in [1.165, 1.54) is 12.1 Å². The molecule has 2 aromatic carbocycles. The molecule has 2 unspecified atom stereocenters. The number of halogens is 3. The van der Waals surface area contributed by atoms with Gasteiger partial charge >= 0.3 is 6.36 Å². The fraction of sp³-hybridized carbons (Fsp3) is 0.385. The predicted molar refractivity (Wildman–Crippen MR) is 132 cm³/mol. The Morgan fingerprint density at radius 2 is 1.77 bits per heavy atom. The zero-order chi connectivity index (χ0) is 27.6. The molecular formula is C26H26F3N5O5. The molecule has 1 aromatic heterocycles. The highest BCUT2D eigenvalue weighted by molar-refractivity contribution is 5.94. The summed E-state index contributed by atoms with van der Waals surface area (Å²) in [5, 5.41) is 3.92. The maximum absolute atomic E-state index is 12.8. The average Bonchev–Trinajstić information content (AvgIpc) is 3.54. The van der Waals surface area contributed by atoms with E-state index in [2.05, 4.69) is 19.8 Å². The molecule has 2 aliphatic rings. The highest BCUT2D eigenvalue weighted by Gasteiger charge is 2.35. The summed E-state index contributed by atoms with van der Waals surface area (Å²) in [6, 6.07) is 12.4. The molecule has 1 amide bonds. The minimum absolute atomic E-state index is 0.205. The van der Waals surface area contributed by atoms with E-state index in [-0.39, 0.29) is 17.8 Å². The predicted octanol–water partition coefficient (Wildman–Crippen LogP) is 3.13. The van der Waals surface area contributed by atoms with Crippen LogP contribution in [0.3, 0.4) is 0 Å². The van der Waals surface area contributed by atoms with Crippen LogP contribution in [0.1, 0.15) is 16.2 Å². The smallest absolute Gasteiger partial charge is 0.406 e. The third-order valence-electron chi connectivity index (χ3n) is 6.60. The zero-order valence-corrected chi connectivity index (χ0v) is 21.0. The highest BCUT2D eigenvalue weighted by Crippen LogP contribution is 2.27. The minimum atomic E-state index is -4.78. The number of hydrogen-bond donors (Lipinski definition) is 0. The van der Waals surface area contributed by atoms with Gasteiger partial charge in [-0.15, -0.1) is 13.2 Å². The second-order valence-corrected chi connectivity index (χ2v) is 9.29. The van der Waals surface area contributed by atoms with Crippen LogP contribution in [0.2, 0.25) is 0 Å². The molecule has 2 saturated heterocycles. The summed E-state index contributed by atoms with van der Waals surface area (Å²) in [5.74, 6) is 0.342. The zero-order valence-electron chi connectivity index (χ0n) is 21.0. The maximum Gasteiger partial charge on any atom is 0.573 e. The molecule has 13 heteroatoms. The van der Waals surface area contributed by atoms with Crippen molar-refractivity contribution in [2.45, 2.75) is 25.6 Å². The van der Waals surface area contributed by atoms with Crippen molar-refractivity contribution in [2.24, 2.45) is 0 Å². The fourth-order valence-electron chi connectivity index (χ4n) is 4.72. The Morgan fingerprint density at radius 3 is 2.36 bits per heavy atom. The Bertz CT molecular complexity index is 1290. The Morgan fingerprint density at radius 1 is 1.08 bits per heavy atom. The molecule has 0 radical (unpaired) electrons. The number of rotatable bonds is 7. The van der Waals surface area contributed by atoms with Crippen molar-refractivity contribution in [1.29, 1.82) is 0 Å². The highest BCUT2D eigenvalue weighted by atomic mass is 19.4. The van der Waals surface area contributed by atoms with Crippen molar-refractivity contribution in [1.82, 2.24) is 19.9 Å². The van der Waals surface area contributed by atoms with Crippen molar-refractivity contribution in [3.63, 3.8) is 0 Å². The number of aryl methyl sites for hydroxylation is 1. The molecule has 10 nitrogen and oxygen atoms in total. The van der Waals surface area contributed by atoms with Crippen LogP contribution in [0.5, 0.6) is 5.75 Å². The third-order valence-corrected chi connectivity index (χ3v) is 6.60. The van der Waals surface area contributed by atoms with Crippen LogP contribution in [-0.4, -0.2) is 90.1 Å². The van der Waals surface area contributed by atoms with Crippen LogP contribution in [0, 0.1) is 6.92 Å². The first kappa shape index (κ1) is 26.6. The number of amides is 1. The summed E-state index contributed by atoms with van der Waals surface area (Å²) in [5.41, 5.74) is 1.93. The molecule has 0 spiro atoms. The first-order valence-electron chi connectivity index (χ1n) is 12.3. The number of carbonyl (C=O) groups excluding carboxylic acids is 2. The van der Waals surface area contributed by atoms with Crippen LogP contribution in [-0.2, 0) is 9.53 Å². The van der Waals surface area contributed by atoms with Crippen LogP contribution >= 0.6 is 0 Å². The van der Waals surface area contributed by atoms with E-state index in [1.54, 1.807) is 11.8 Å². The number of nitrogens with zero attached hydrogens (tertiary/aromatic N) is 5. The number of aromatic nitrogens is 2. The van der Waals surface area contributed by atoms with Gasteiger partial charge in [0, 0.05) is 63.0 Å². The van der Waals surface area contributed by atoms with Gasteiger partial charge < -0.3 is 23.8 Å². The number of alkyl halides is 3. The van der Waals surface area contributed by atoms with E-state index in [1.807, 2.05) is 29.2 Å². The number of hydrogen-bond acceptors (Lipinski definition) is 9. The summed E-state index contributed by atoms with van der Waals surface area (Å²) in [6.07, 6.45) is -4.92. The molecule has 5 rings (SSSR count). The molecule has 0 N–H and O–H groups in total. The van der Waals surface area contributed by atoms with Crippen molar-refractivity contribution >= 4 is 17.9 Å². The average molecular weight is 546 g/mol. The maximum atomic E-state index is 12.8. The number of ether oxygens (including phenoxy) is 2. The number of aldehydes is 1. The Balaban J connectivity index is 1.13. The van der Waals surface area contributed by atoms with Crippen molar-refractivity contribution in [3.05, 3.63) is 60.0 Å². The van der Waals surface area contributed by atoms with E-state index < -0.39 is 12.6 Å². The lowest BCUT2D eigenvalue weighted by Gasteiger charge is -2.35. The Hall–Kier alpha value is -3.97. The number of benzene rings is 2. The van der Waals surface area contributed by atoms with E-state index in [4.69, 9.17) is 9.26 Å². The largest absolute Gasteiger partial charge is 0.573 e. The molecule has 2 atom stereocenters. The van der Waals surface area contributed by atoms with Crippen molar-refractivity contribution < 1.29 is 36.8 Å². The summed E-state index contributed by atoms with van der Waals surface area (Å²) in [7, 11) is 0. The lowest BCUT2D eigenvalue weighted by atomic mass is 10.1. The normalized spacial score (nSPS) is 20.3. The minimum Gasteiger partial charge on any atom is -0.406 e. The molecule has 3 heterocycles. The van der Waals surface area contributed by atoms with E-state index >= 15 is 0 Å². The van der Waals surface area contributed by atoms with Gasteiger partial charge in [0.1, 0.15) is 5.75 Å². The molecule has 0 aliphatic carbocycles. The van der Waals surface area contributed by atoms with Crippen LogP contribution in [0.15, 0.2) is 53.1 Å². The molecule has 206 valence electrons. The monoisotopic (exact) mass is 545 g/mol. The van der Waals surface area contributed by atoms with Crippen LogP contribution in [0.4, 0.5) is 18.9 Å². The van der Waals surface area contributed by atoms with Gasteiger partial charge in [0.25, 0.3) is 5.91 Å². The standard InChI is InChI=1S/C26H26F3N5O5/c1-17-30-24(31-39-17)18-2-6-20(7-3-18)34-15-22(37-23(34)16-35)14-32-10-12-33(13-11-32)25(36)19-4-8-21(9-5-19)38-26(27,28)29/h2-9,16,22-23H,10-15H2,1H3. The Kier molecular flexibility index (Phi) is 7.53. The SMILES string of the molecule is Cc1nc(-c2ccc(N3CC(CN4CCN(C(=O)c5ccc(OC(F)(F)F)cc5)CC4)OC3C=O)cc2)no1. The summed E-state index contributed by atoms with van der Waals surface area (Å²) in [4.78, 5) is 34.5. The van der Waals surface area contributed by atoms with E-state index in [0.717, 1.165) is 29.7 Å². The van der Waals surface area contributed by atoms with Gasteiger partial charge in [0.05, 0.1) is 6.10 Å². The number of carbonyl (C=O) groups is 2. The van der Waals surface area contributed by atoms with Gasteiger partial charge in [0.2, 0.25) is 11.7 Å². The van der Waals surface area contributed by atoms with Gasteiger partial charge in [-0.3, -0.25) is 14.5 Å². The number of anilines is 1. The third kappa shape index (κ3) is 6.37. The van der Waals surface area contributed by atoms with E-state index in [9.17, 15) is 22.8 Å².